The molecule has 0 spiro atoms. The molecule has 2 heterocycles. The number of hydrogen-bond donors (Lipinski definition) is 2. The Labute approximate surface area is 215 Å². The smallest absolute Gasteiger partial charge is 0.269 e. The molecule has 37 heavy (non-hydrogen) atoms. The normalized spacial score (nSPS) is 14.6. The van der Waals surface area contributed by atoms with Crippen LogP contribution in [0.5, 0.6) is 0 Å². The summed E-state index contributed by atoms with van der Waals surface area (Å²) in [5.41, 5.74) is 3.27. The molecule has 1 amide bonds. The van der Waals surface area contributed by atoms with Gasteiger partial charge in [0.15, 0.2) is 0 Å². The first-order valence-electron chi connectivity index (χ1n) is 11.3. The van der Waals surface area contributed by atoms with Gasteiger partial charge in [0.25, 0.3) is 11.6 Å². The Morgan fingerprint density at radius 3 is 2.49 bits per heavy atom. The van der Waals surface area contributed by atoms with Gasteiger partial charge in [-0.25, -0.2) is 9.07 Å². The molecule has 1 aliphatic rings. The van der Waals surface area contributed by atoms with Gasteiger partial charge in [0.05, 0.1) is 10.5 Å². The van der Waals surface area contributed by atoms with Crippen LogP contribution >= 0.6 is 11.8 Å². The maximum Gasteiger partial charge on any atom is 0.269 e. The number of halogens is 1. The SMILES string of the molecule is CC1=C(C(=O)Nc2ccccc2)C(c2ccc(F)cc2)n2nc(SCc3ccc([N+](=O)[O-])cc3)nc2N1. The molecule has 4 aromatic rings. The highest BCUT2D eigenvalue weighted by molar-refractivity contribution is 7.98. The van der Waals surface area contributed by atoms with Gasteiger partial charge in [0, 0.05) is 29.3 Å². The number of nitro groups is 1. The minimum absolute atomic E-state index is 0.0264. The molecule has 1 aliphatic heterocycles. The molecule has 0 saturated heterocycles. The fraction of sp³-hybridized carbons (Fsp3) is 0.115. The van der Waals surface area contributed by atoms with E-state index in [0.29, 0.717) is 39.4 Å². The van der Waals surface area contributed by atoms with E-state index >= 15 is 0 Å². The predicted molar refractivity (Wildman–Crippen MR) is 139 cm³/mol. The number of nitro benzene ring substituents is 1. The van der Waals surface area contributed by atoms with Gasteiger partial charge in [0.1, 0.15) is 11.9 Å². The summed E-state index contributed by atoms with van der Waals surface area (Å²) in [6.45, 7) is 1.79. The maximum atomic E-state index is 13.7. The summed E-state index contributed by atoms with van der Waals surface area (Å²) in [6, 6.07) is 20.7. The van der Waals surface area contributed by atoms with Crippen molar-refractivity contribution in [2.75, 3.05) is 10.6 Å². The molecule has 1 unspecified atom stereocenters. The summed E-state index contributed by atoms with van der Waals surface area (Å²) >= 11 is 1.36. The van der Waals surface area contributed by atoms with Crippen molar-refractivity contribution in [3.05, 3.63) is 117 Å². The van der Waals surface area contributed by atoms with Crippen molar-refractivity contribution in [2.45, 2.75) is 23.9 Å². The summed E-state index contributed by atoms with van der Waals surface area (Å²) in [6.07, 6.45) is 0. The van der Waals surface area contributed by atoms with E-state index in [1.165, 1.54) is 36.0 Å². The highest BCUT2D eigenvalue weighted by atomic mass is 32.2. The number of nitrogens with zero attached hydrogens (tertiary/aromatic N) is 4. The number of amides is 1. The van der Waals surface area contributed by atoms with Gasteiger partial charge in [-0.2, -0.15) is 4.98 Å². The van der Waals surface area contributed by atoms with Crippen molar-refractivity contribution in [2.24, 2.45) is 0 Å². The van der Waals surface area contributed by atoms with Crippen LogP contribution in [0.2, 0.25) is 0 Å². The predicted octanol–water partition coefficient (Wildman–Crippen LogP) is 5.55. The minimum Gasteiger partial charge on any atom is -0.328 e. The zero-order chi connectivity index (χ0) is 25.9. The molecule has 0 bridgehead atoms. The highest BCUT2D eigenvalue weighted by Crippen LogP contribution is 2.37. The molecule has 0 aliphatic carbocycles. The molecule has 11 heteroatoms. The second kappa shape index (κ2) is 10.2. The summed E-state index contributed by atoms with van der Waals surface area (Å²) < 4.78 is 15.3. The number of aromatic nitrogens is 3. The summed E-state index contributed by atoms with van der Waals surface area (Å²) in [4.78, 5) is 28.5. The molecular formula is C26H21FN6O3S. The number of nitrogens with one attached hydrogen (secondary N) is 2. The molecule has 5 rings (SSSR count). The number of hydrogen-bond acceptors (Lipinski definition) is 7. The van der Waals surface area contributed by atoms with E-state index in [1.54, 1.807) is 48.0 Å². The second-order valence-electron chi connectivity index (χ2n) is 8.31. The van der Waals surface area contributed by atoms with Crippen molar-refractivity contribution in [1.82, 2.24) is 14.8 Å². The topological polar surface area (TPSA) is 115 Å². The quantitative estimate of drug-likeness (QED) is 0.188. The molecule has 0 saturated carbocycles. The van der Waals surface area contributed by atoms with Crippen LogP contribution < -0.4 is 10.6 Å². The Hall–Kier alpha value is -4.51. The van der Waals surface area contributed by atoms with Crippen molar-refractivity contribution in [3.8, 4) is 0 Å². The van der Waals surface area contributed by atoms with Crippen molar-refractivity contribution in [3.63, 3.8) is 0 Å². The summed E-state index contributed by atoms with van der Waals surface area (Å²) in [7, 11) is 0. The number of non-ortho nitro benzene ring substituents is 1. The van der Waals surface area contributed by atoms with Gasteiger partial charge in [0.2, 0.25) is 11.1 Å². The molecule has 186 valence electrons. The molecule has 3 aromatic carbocycles. The lowest BCUT2D eigenvalue weighted by Crippen LogP contribution is -2.31. The van der Waals surface area contributed by atoms with Gasteiger partial charge >= 0.3 is 0 Å². The highest BCUT2D eigenvalue weighted by Gasteiger charge is 2.34. The lowest BCUT2D eigenvalue weighted by atomic mass is 9.95. The monoisotopic (exact) mass is 516 g/mol. The third-order valence-corrected chi connectivity index (χ3v) is 6.72. The molecule has 9 nitrogen and oxygen atoms in total. The van der Waals surface area contributed by atoms with E-state index in [9.17, 15) is 19.3 Å². The lowest BCUT2D eigenvalue weighted by molar-refractivity contribution is -0.384. The van der Waals surface area contributed by atoms with Gasteiger partial charge in [-0.1, -0.05) is 54.2 Å². The lowest BCUT2D eigenvalue weighted by Gasteiger charge is -2.28. The first kappa shape index (κ1) is 24.2. The summed E-state index contributed by atoms with van der Waals surface area (Å²) in [5, 5.41) is 22.1. The third kappa shape index (κ3) is 5.21. The van der Waals surface area contributed by atoms with Gasteiger partial charge < -0.3 is 10.6 Å². The zero-order valence-electron chi connectivity index (χ0n) is 19.6. The average molecular weight is 517 g/mol. The van der Waals surface area contributed by atoms with Crippen LogP contribution in [0.1, 0.15) is 24.1 Å². The Morgan fingerprint density at radius 1 is 1.11 bits per heavy atom. The van der Waals surface area contributed by atoms with E-state index in [0.717, 1.165) is 5.56 Å². The summed E-state index contributed by atoms with van der Waals surface area (Å²) in [5.74, 6) is 0.254. The van der Waals surface area contributed by atoms with E-state index in [2.05, 4.69) is 20.7 Å². The number of rotatable bonds is 7. The molecular weight excluding hydrogens is 495 g/mol. The van der Waals surface area contributed by atoms with Crippen LogP contribution in [0.25, 0.3) is 0 Å². The van der Waals surface area contributed by atoms with Crippen molar-refractivity contribution in [1.29, 1.82) is 0 Å². The van der Waals surface area contributed by atoms with Crippen molar-refractivity contribution >= 4 is 35.0 Å². The Bertz CT molecular complexity index is 1490. The molecule has 1 aromatic heterocycles. The molecule has 0 fully saturated rings. The maximum absolute atomic E-state index is 13.7. The van der Waals surface area contributed by atoms with Gasteiger partial charge in [-0.05, 0) is 42.3 Å². The van der Waals surface area contributed by atoms with Crippen LogP contribution in [0.3, 0.4) is 0 Å². The largest absolute Gasteiger partial charge is 0.328 e. The number of para-hydroxylation sites is 1. The first-order chi connectivity index (χ1) is 17.9. The standard InChI is InChI=1S/C26H21FN6O3S/c1-16-22(24(34)29-20-5-3-2-4-6-20)23(18-9-11-19(27)12-10-18)32-25(28-16)30-26(31-32)37-15-17-7-13-21(14-8-17)33(35)36/h2-14,23H,15H2,1H3,(H,29,34)(H,28,30,31). The van der Waals surface area contributed by atoms with E-state index in [-0.39, 0.29) is 17.4 Å². The van der Waals surface area contributed by atoms with Crippen LogP contribution in [-0.2, 0) is 10.5 Å². The first-order valence-corrected chi connectivity index (χ1v) is 12.3. The third-order valence-electron chi connectivity index (χ3n) is 5.81. The number of carbonyl (C=O) groups excluding carboxylic acids is 1. The minimum atomic E-state index is -0.637. The molecule has 0 radical (unpaired) electrons. The number of thioether (sulfide) groups is 1. The fourth-order valence-corrected chi connectivity index (χ4v) is 4.81. The van der Waals surface area contributed by atoms with E-state index in [4.69, 9.17) is 0 Å². The number of benzene rings is 3. The number of fused-ring (bicyclic) bond motifs is 1. The number of anilines is 2. The number of allylic oxidation sites excluding steroid dienone is 1. The second-order valence-corrected chi connectivity index (χ2v) is 9.26. The Balaban J connectivity index is 1.45. The Kier molecular flexibility index (Phi) is 6.69. The van der Waals surface area contributed by atoms with Gasteiger partial charge in [-0.3, -0.25) is 14.9 Å². The van der Waals surface area contributed by atoms with E-state index < -0.39 is 11.0 Å². The molecule has 2 N–H and O–H groups in total. The fourth-order valence-electron chi connectivity index (χ4n) is 4.02. The van der Waals surface area contributed by atoms with Gasteiger partial charge in [-0.15, -0.1) is 5.10 Å². The van der Waals surface area contributed by atoms with Crippen LogP contribution in [0, 0.1) is 15.9 Å². The number of carbonyl (C=O) groups is 1. The Morgan fingerprint density at radius 2 is 1.81 bits per heavy atom. The van der Waals surface area contributed by atoms with Crippen LogP contribution in [0.4, 0.5) is 21.7 Å². The average Bonchev–Trinajstić information content (AvgIpc) is 3.30. The molecule has 1 atom stereocenters. The van der Waals surface area contributed by atoms with Crippen LogP contribution in [-0.4, -0.2) is 25.6 Å². The van der Waals surface area contributed by atoms with Crippen molar-refractivity contribution < 1.29 is 14.1 Å². The zero-order valence-corrected chi connectivity index (χ0v) is 20.4. The van der Waals surface area contributed by atoms with Crippen LogP contribution in [0.15, 0.2) is 95.3 Å². The van der Waals surface area contributed by atoms with E-state index in [1.807, 2.05) is 18.2 Å².